The number of rotatable bonds is 3. The van der Waals surface area contributed by atoms with Crippen LogP contribution in [-0.2, 0) is 9.47 Å². The Morgan fingerprint density at radius 1 is 0.891 bits per heavy atom. The number of aromatic nitrogens is 3. The number of hydrogen-bond acceptors (Lipinski definition) is 7. The van der Waals surface area contributed by atoms with Crippen LogP contribution in [-0.4, -0.2) is 67.3 Å². The fourth-order valence-corrected chi connectivity index (χ4v) is 4.77. The Hall–Kier alpha value is -5.01. The molecule has 46 heavy (non-hydrogen) atoms. The average molecular weight is 629 g/mol. The van der Waals surface area contributed by atoms with Crippen molar-refractivity contribution in [1.82, 2.24) is 24.8 Å². The summed E-state index contributed by atoms with van der Waals surface area (Å²) >= 11 is 0. The van der Waals surface area contributed by atoms with Crippen molar-refractivity contribution in [1.29, 1.82) is 0 Å². The molecule has 0 aliphatic carbocycles. The summed E-state index contributed by atoms with van der Waals surface area (Å²) in [5.74, 6) is 2.61. The van der Waals surface area contributed by atoms with Gasteiger partial charge in [-0.2, -0.15) is 0 Å². The number of nitrogens with zero attached hydrogens (tertiary/aromatic N) is 8. The maximum atomic E-state index is 12.4. The predicted molar refractivity (Wildman–Crippen MR) is 176 cm³/mol. The molecule has 12 heteroatoms. The molecule has 0 saturated carbocycles. The number of azide groups is 1. The van der Waals surface area contributed by atoms with E-state index >= 15 is 0 Å². The molecule has 3 heterocycles. The molecule has 2 atom stereocenters. The standard InChI is InChI=1S/C17H22N4O2.C11H17NO2.C6H5N3/c1-17(2,3)23-16(22)20-11-7-10-15(20)14-12-21(19-18-14)13-8-5-4-6-9-13;1-5-9-7-6-8-12(9)10(13)14-11(2,3)4;7-9-8-6-4-2-1-3-5-6/h4-6,8-9,12,15H,7,10-11H2,1-3H3;1,9H,6-8H2,2-4H3;1-5H/t15-;9-;/m01./s1. The number of hydrogen-bond donors (Lipinski definition) is 0. The molecule has 2 aliphatic heterocycles. The molecule has 244 valence electrons. The van der Waals surface area contributed by atoms with Crippen molar-refractivity contribution in [2.45, 2.75) is 90.5 Å². The van der Waals surface area contributed by atoms with Gasteiger partial charge in [0, 0.05) is 23.7 Å². The number of likely N-dealkylation sites (tertiary alicyclic amines) is 2. The fraction of sp³-hybridized carbons (Fsp3) is 0.471. The zero-order chi connectivity index (χ0) is 33.7. The molecule has 5 rings (SSSR count). The van der Waals surface area contributed by atoms with Crippen molar-refractivity contribution in [3.63, 3.8) is 0 Å². The van der Waals surface area contributed by atoms with Crippen molar-refractivity contribution in [3.8, 4) is 18.0 Å². The zero-order valence-electron chi connectivity index (χ0n) is 27.5. The minimum atomic E-state index is -0.494. The van der Waals surface area contributed by atoms with E-state index in [2.05, 4.69) is 26.3 Å². The molecule has 2 aliphatic rings. The molecule has 0 radical (unpaired) electrons. The monoisotopic (exact) mass is 628 g/mol. The van der Waals surface area contributed by atoms with E-state index in [1.165, 1.54) is 0 Å². The summed E-state index contributed by atoms with van der Waals surface area (Å²) in [6.07, 6.45) is 10.3. The molecule has 1 aromatic heterocycles. The Kier molecular flexibility index (Phi) is 12.6. The lowest BCUT2D eigenvalue weighted by Gasteiger charge is -2.27. The highest BCUT2D eigenvalue weighted by molar-refractivity contribution is 5.69. The Morgan fingerprint density at radius 2 is 1.43 bits per heavy atom. The van der Waals surface area contributed by atoms with E-state index in [4.69, 9.17) is 21.4 Å². The summed E-state index contributed by atoms with van der Waals surface area (Å²) in [7, 11) is 0. The fourth-order valence-electron chi connectivity index (χ4n) is 4.77. The van der Waals surface area contributed by atoms with Crippen LogP contribution in [0.15, 0.2) is 72.0 Å². The van der Waals surface area contributed by atoms with Gasteiger partial charge in [0.1, 0.15) is 16.9 Å². The SMILES string of the molecule is C#C[C@@H]1CCCN1C(=O)OC(C)(C)C.CC(C)(C)OC(=O)N1CCC[C@H]1c1cn(-c2ccccc2)nn1.[N-]=[N+]=Nc1ccccc1. The Labute approximate surface area is 271 Å². The molecule has 0 N–H and O–H groups in total. The summed E-state index contributed by atoms with van der Waals surface area (Å²) in [6.45, 7) is 12.6. The quantitative estimate of drug-likeness (QED) is 0.125. The molecule has 0 unspecified atom stereocenters. The van der Waals surface area contributed by atoms with E-state index in [9.17, 15) is 9.59 Å². The first-order valence-corrected chi connectivity index (χ1v) is 15.3. The van der Waals surface area contributed by atoms with Crippen molar-refractivity contribution in [3.05, 3.63) is 83.0 Å². The van der Waals surface area contributed by atoms with Gasteiger partial charge in [-0.05, 0) is 84.9 Å². The maximum Gasteiger partial charge on any atom is 0.411 e. The number of carbonyl (C=O) groups excluding carboxylic acids is 2. The van der Waals surface area contributed by atoms with E-state index in [0.717, 1.165) is 37.1 Å². The van der Waals surface area contributed by atoms with Gasteiger partial charge in [0.25, 0.3) is 0 Å². The zero-order valence-corrected chi connectivity index (χ0v) is 27.5. The largest absolute Gasteiger partial charge is 0.444 e. The van der Waals surface area contributed by atoms with Gasteiger partial charge < -0.3 is 9.47 Å². The van der Waals surface area contributed by atoms with Crippen molar-refractivity contribution in [2.24, 2.45) is 5.11 Å². The average Bonchev–Trinajstić information content (AvgIpc) is 3.78. The summed E-state index contributed by atoms with van der Waals surface area (Å²) in [5.41, 5.74) is 9.45. The summed E-state index contributed by atoms with van der Waals surface area (Å²) in [4.78, 5) is 30.0. The van der Waals surface area contributed by atoms with Gasteiger partial charge in [-0.1, -0.05) is 64.8 Å². The summed E-state index contributed by atoms with van der Waals surface area (Å²) < 4.78 is 12.5. The Balaban J connectivity index is 0.000000212. The number of benzene rings is 2. The van der Waals surface area contributed by atoms with Crippen LogP contribution in [0.1, 0.15) is 79.0 Å². The Morgan fingerprint density at radius 3 is 2.00 bits per heavy atom. The molecule has 12 nitrogen and oxygen atoms in total. The highest BCUT2D eigenvalue weighted by Crippen LogP contribution is 2.32. The van der Waals surface area contributed by atoms with Gasteiger partial charge in [-0.15, -0.1) is 11.5 Å². The highest BCUT2D eigenvalue weighted by Gasteiger charge is 2.35. The van der Waals surface area contributed by atoms with E-state index in [0.29, 0.717) is 18.8 Å². The maximum absolute atomic E-state index is 12.4. The van der Waals surface area contributed by atoms with Crippen LogP contribution in [0.25, 0.3) is 16.1 Å². The van der Waals surface area contributed by atoms with Gasteiger partial charge in [-0.25, -0.2) is 14.3 Å². The van der Waals surface area contributed by atoms with Crippen LogP contribution in [0.5, 0.6) is 0 Å². The minimum absolute atomic E-state index is 0.0673. The molecule has 2 saturated heterocycles. The van der Waals surface area contributed by atoms with E-state index in [1.54, 1.807) is 26.6 Å². The van der Waals surface area contributed by atoms with Crippen LogP contribution in [0.2, 0.25) is 0 Å². The minimum Gasteiger partial charge on any atom is -0.444 e. The van der Waals surface area contributed by atoms with Crippen molar-refractivity contribution < 1.29 is 19.1 Å². The van der Waals surface area contributed by atoms with Gasteiger partial charge in [0.2, 0.25) is 0 Å². The third kappa shape index (κ3) is 11.2. The van der Waals surface area contributed by atoms with Crippen LogP contribution >= 0.6 is 0 Å². The second kappa shape index (κ2) is 16.3. The van der Waals surface area contributed by atoms with Crippen LogP contribution in [0.3, 0.4) is 0 Å². The molecule has 2 fully saturated rings. The lowest BCUT2D eigenvalue weighted by Crippen LogP contribution is -2.39. The topological polar surface area (TPSA) is 139 Å². The number of terminal acetylenes is 1. The first-order chi connectivity index (χ1) is 21.8. The molecule has 2 amide bonds. The molecule has 2 aromatic carbocycles. The lowest BCUT2D eigenvalue weighted by molar-refractivity contribution is 0.0218. The van der Waals surface area contributed by atoms with E-state index < -0.39 is 11.2 Å². The van der Waals surface area contributed by atoms with Gasteiger partial charge in [0.15, 0.2) is 0 Å². The van der Waals surface area contributed by atoms with Crippen molar-refractivity contribution >= 4 is 17.9 Å². The molecule has 3 aromatic rings. The number of carbonyl (C=O) groups is 2. The molecular weight excluding hydrogens is 584 g/mol. The second-order valence-electron chi connectivity index (χ2n) is 12.8. The molecular formula is C34H44N8O4. The highest BCUT2D eigenvalue weighted by atomic mass is 16.6. The summed E-state index contributed by atoms with van der Waals surface area (Å²) in [5, 5.41) is 11.8. The number of para-hydroxylation sites is 1. The number of amides is 2. The summed E-state index contributed by atoms with van der Waals surface area (Å²) in [6, 6.07) is 18.7. The van der Waals surface area contributed by atoms with Crippen molar-refractivity contribution in [2.75, 3.05) is 13.1 Å². The normalized spacial score (nSPS) is 17.3. The van der Waals surface area contributed by atoms with Crippen LogP contribution < -0.4 is 0 Å². The third-order valence-corrected chi connectivity index (χ3v) is 6.74. The first-order valence-electron chi connectivity index (χ1n) is 15.3. The predicted octanol–water partition coefficient (Wildman–Crippen LogP) is 7.99. The molecule has 0 bridgehead atoms. The first kappa shape index (κ1) is 35.5. The van der Waals surface area contributed by atoms with Gasteiger partial charge >= 0.3 is 12.2 Å². The third-order valence-electron chi connectivity index (χ3n) is 6.74. The lowest BCUT2D eigenvalue weighted by atomic mass is 10.1. The van der Waals surface area contributed by atoms with Crippen LogP contribution in [0.4, 0.5) is 15.3 Å². The van der Waals surface area contributed by atoms with Gasteiger partial charge in [-0.3, -0.25) is 9.80 Å². The second-order valence-corrected chi connectivity index (χ2v) is 12.8. The Bertz CT molecular complexity index is 1500. The van der Waals surface area contributed by atoms with Gasteiger partial charge in [0.05, 0.1) is 24.0 Å². The number of ether oxygens (including phenoxy) is 2. The molecule has 0 spiro atoms. The van der Waals surface area contributed by atoms with E-state index in [-0.39, 0.29) is 24.3 Å². The van der Waals surface area contributed by atoms with Crippen LogP contribution in [0, 0.1) is 12.3 Å². The van der Waals surface area contributed by atoms with E-state index in [1.807, 2.05) is 96.3 Å². The smallest absolute Gasteiger partial charge is 0.411 e.